The van der Waals surface area contributed by atoms with Gasteiger partial charge in [-0.05, 0) is 221 Å². The molecule has 0 aromatic heterocycles. The highest BCUT2D eigenvalue weighted by molar-refractivity contribution is 7.86. The predicted molar refractivity (Wildman–Crippen MR) is 410 cm³/mol. The van der Waals surface area contributed by atoms with Gasteiger partial charge in [0.25, 0.3) is 20.2 Å². The lowest BCUT2D eigenvalue weighted by atomic mass is 9.83. The van der Waals surface area contributed by atoms with Gasteiger partial charge in [0.1, 0.15) is 6.04 Å². The summed E-state index contributed by atoms with van der Waals surface area (Å²) >= 11 is 0. The number of anilines is 4. The number of benzene rings is 9. The molecule has 98 heavy (non-hydrogen) atoms. The first-order valence-corrected chi connectivity index (χ1v) is 37.3. The van der Waals surface area contributed by atoms with Crippen LogP contribution in [0.1, 0.15) is 111 Å². The van der Waals surface area contributed by atoms with E-state index in [0.717, 1.165) is 88.0 Å². The van der Waals surface area contributed by atoms with Gasteiger partial charge in [-0.15, -0.1) is 0 Å². The Morgan fingerprint density at radius 1 is 0.449 bits per heavy atom. The molecule has 9 aromatic carbocycles. The molecule has 0 aliphatic heterocycles. The molecule has 0 saturated carbocycles. The highest BCUT2D eigenvalue weighted by Crippen LogP contribution is 2.40. The molecule has 508 valence electrons. The maximum atomic E-state index is 10.5. The Hall–Kier alpha value is -9.41. The molecule has 0 amide bonds. The van der Waals surface area contributed by atoms with Gasteiger partial charge >= 0.3 is 0 Å². The number of likely N-dealkylation sites (N-methyl/N-ethyl adjacent to an activating group) is 1. The molecule has 0 unspecified atom stereocenters. The van der Waals surface area contributed by atoms with E-state index in [0.29, 0.717) is 6.04 Å². The second kappa shape index (κ2) is 34.2. The summed E-state index contributed by atoms with van der Waals surface area (Å²) in [4.78, 5) is 12.5. The number of hydrogen-bond acceptors (Lipinski definition) is 8. The summed E-state index contributed by atoms with van der Waals surface area (Å²) in [6.45, 7) is 31.1. The van der Waals surface area contributed by atoms with Crippen LogP contribution in [0.25, 0.3) is 27.5 Å². The van der Waals surface area contributed by atoms with Crippen LogP contribution in [0.5, 0.6) is 0 Å². The van der Waals surface area contributed by atoms with Crippen molar-refractivity contribution >= 4 is 76.2 Å². The van der Waals surface area contributed by atoms with E-state index in [1.54, 1.807) is 29.2 Å². The van der Waals surface area contributed by atoms with Crippen molar-refractivity contribution in [2.45, 2.75) is 98.2 Å². The van der Waals surface area contributed by atoms with Crippen LogP contribution in [-0.4, -0.2) is 90.1 Å². The van der Waals surface area contributed by atoms with Gasteiger partial charge in [0.2, 0.25) is 5.71 Å². The number of hydrogen-bond donors (Lipinski definition) is 5. The van der Waals surface area contributed by atoms with E-state index >= 15 is 0 Å². The third-order valence-electron chi connectivity index (χ3n) is 18.5. The number of aryl methyl sites for hydroxylation is 2. The molecule has 12 nitrogen and oxygen atoms in total. The molecule has 14 heteroatoms. The molecule has 9 aromatic rings. The maximum Gasteiger partial charge on any atom is 0.294 e. The molecule has 0 radical (unpaired) electrons. The van der Waals surface area contributed by atoms with Crippen LogP contribution in [0, 0.1) is 13.8 Å². The lowest BCUT2D eigenvalue weighted by Crippen LogP contribution is -3.14. The number of nitrogens with one attached hydrogen (secondary N) is 3. The van der Waals surface area contributed by atoms with Gasteiger partial charge in [-0.1, -0.05) is 157 Å². The Kier molecular flexibility index (Phi) is 25.4. The van der Waals surface area contributed by atoms with Crippen molar-refractivity contribution in [3.63, 3.8) is 0 Å². The first-order valence-electron chi connectivity index (χ1n) is 34.4. The normalized spacial score (nSPS) is 13.7. The number of allylic oxidation sites excluding steroid dienone is 6. The highest BCUT2D eigenvalue weighted by Gasteiger charge is 2.25. The van der Waals surface area contributed by atoms with E-state index in [1.807, 2.05) is 13.8 Å². The zero-order valence-electron chi connectivity index (χ0n) is 58.4. The quantitative estimate of drug-likeness (QED) is 0.0392. The van der Waals surface area contributed by atoms with E-state index in [9.17, 15) is 16.8 Å². The first kappa shape index (κ1) is 72.8. The summed E-state index contributed by atoms with van der Waals surface area (Å²) < 4.78 is 59.1. The fourth-order valence-electron chi connectivity index (χ4n) is 12.9. The van der Waals surface area contributed by atoms with Crippen molar-refractivity contribution in [3.8, 4) is 0 Å². The van der Waals surface area contributed by atoms with Crippen LogP contribution in [0.4, 0.5) is 22.7 Å². The van der Waals surface area contributed by atoms with Crippen molar-refractivity contribution in [2.24, 2.45) is 0 Å². The molecule has 2 aliphatic rings. The Bertz CT molecular complexity index is 4420. The van der Waals surface area contributed by atoms with Crippen LogP contribution in [0.15, 0.2) is 258 Å². The zero-order chi connectivity index (χ0) is 69.9. The highest BCUT2D eigenvalue weighted by atomic mass is 32.2. The third-order valence-corrected chi connectivity index (χ3v) is 20.2. The van der Waals surface area contributed by atoms with Gasteiger partial charge in [-0.25, -0.2) is 4.99 Å². The molecule has 0 bridgehead atoms. The summed E-state index contributed by atoms with van der Waals surface area (Å²) in [6.07, 6.45) is 14.1. The fourth-order valence-corrected chi connectivity index (χ4v) is 13.8. The molecular formula is C84H96N6O6S2+2. The van der Waals surface area contributed by atoms with Crippen LogP contribution >= 0.6 is 0 Å². The van der Waals surface area contributed by atoms with Gasteiger partial charge in [-0.2, -0.15) is 16.8 Å². The van der Waals surface area contributed by atoms with Crippen molar-refractivity contribution in [1.29, 1.82) is 0 Å². The Labute approximate surface area is 582 Å². The molecule has 0 heterocycles. The van der Waals surface area contributed by atoms with E-state index < -0.39 is 20.2 Å². The molecule has 0 fully saturated rings. The van der Waals surface area contributed by atoms with Gasteiger partial charge in [0.15, 0.2) is 6.54 Å². The molecule has 11 rings (SSSR count). The minimum Gasteiger partial charge on any atom is -0.380 e. The molecule has 0 saturated heterocycles. The average Bonchev–Trinajstić information content (AvgIpc) is 0.774. The molecule has 2 aliphatic carbocycles. The minimum atomic E-state index is -4.02. The second-order valence-electron chi connectivity index (χ2n) is 24.5. The number of quaternary nitrogens is 1. The Morgan fingerprint density at radius 2 is 0.867 bits per heavy atom. The van der Waals surface area contributed by atoms with E-state index in [4.69, 9.17) is 9.11 Å². The average molecular weight is 1350 g/mol. The van der Waals surface area contributed by atoms with Crippen LogP contribution in [-0.2, 0) is 33.3 Å². The van der Waals surface area contributed by atoms with Crippen LogP contribution < -0.4 is 29.9 Å². The standard InChI is InChI=1S/C70H78N6.2C7H8O3S/c1-9-73(10-2)57-37-29-53(30-38-57)69(54-31-39-58(40-32-54)74(11-3)12-4)65-45-47-67(63-23-19-17-21-61(63)65)71-49-51-25-27-52(28-26-51)50-72-68-48-46-66(62-22-18-20-24-64(62)68)70(55-33-41-59(42-34-55)75(13-5)14-6)56-35-43-60(44-36-56)76(15-7)16-8;2*1-6-2-4-7(5-3-6)11(8,9)10/h17-48,57,71H,9-16,49-50H2,1-8H3;2*2-5H,1H3,(H,8,9,10)/p+2. The monoisotopic (exact) mass is 1350 g/mol. The molecule has 0 spiro atoms. The van der Waals surface area contributed by atoms with Crippen molar-refractivity contribution in [1.82, 2.24) is 0 Å². The van der Waals surface area contributed by atoms with Crippen molar-refractivity contribution in [3.05, 3.63) is 304 Å². The largest absolute Gasteiger partial charge is 0.380 e. The minimum absolute atomic E-state index is 0.0666. The van der Waals surface area contributed by atoms with Gasteiger partial charge in [-0.3, -0.25) is 9.11 Å². The smallest absolute Gasteiger partial charge is 0.294 e. The lowest BCUT2D eigenvalue weighted by molar-refractivity contribution is -0.908. The van der Waals surface area contributed by atoms with Gasteiger partial charge in [0.05, 0.1) is 28.4 Å². The predicted octanol–water partition coefficient (Wildman–Crippen LogP) is 15.3. The summed E-state index contributed by atoms with van der Waals surface area (Å²) in [5, 5.41) is 6.30. The number of fused-ring (bicyclic) bond motifs is 2. The fraction of sp³-hybridized carbons (Fsp3) is 0.250. The molecule has 0 atom stereocenters. The Morgan fingerprint density at radius 3 is 1.31 bits per heavy atom. The van der Waals surface area contributed by atoms with Gasteiger partial charge in [0, 0.05) is 85.6 Å². The van der Waals surface area contributed by atoms with Crippen molar-refractivity contribution < 1.29 is 35.8 Å². The second-order valence-corrected chi connectivity index (χ2v) is 27.3. The first-order chi connectivity index (χ1) is 47.3. The summed E-state index contributed by atoms with van der Waals surface area (Å²) in [7, 11) is -8.04. The lowest BCUT2D eigenvalue weighted by Gasteiger charge is -2.25. The number of nitrogens with zero attached hydrogens (tertiary/aromatic N) is 3. The summed E-state index contributed by atoms with van der Waals surface area (Å²) in [5.74, 6) is 0. The SMILES string of the molecule is CCN(CC)c1ccc(C(=C2C=CC(=[NH+]Cc3ccc(CNc4ccc(C(=C5C=CC([NH+](CC)CC)C=C5)c5ccc(N(CC)CC)cc5)c5ccccc45)cc3)c3ccccc32)c2ccc(N(CC)CC)cc2)cc1.Cc1ccc(S(=O)(=O)O)cc1.Cc1ccc(S(=O)(=O)O)cc1. The Balaban J connectivity index is 0.000000432. The number of rotatable bonds is 23. The summed E-state index contributed by atoms with van der Waals surface area (Å²) in [5.41, 5.74) is 22.7. The maximum absolute atomic E-state index is 10.5. The molecular weight excluding hydrogens is 1250 g/mol. The van der Waals surface area contributed by atoms with E-state index in [-0.39, 0.29) is 9.79 Å². The summed E-state index contributed by atoms with van der Waals surface area (Å²) in [6, 6.07) is 71.3. The van der Waals surface area contributed by atoms with Crippen LogP contribution in [0.2, 0.25) is 0 Å². The van der Waals surface area contributed by atoms with Crippen molar-refractivity contribution in [2.75, 3.05) is 72.4 Å². The van der Waals surface area contributed by atoms with Crippen LogP contribution in [0.3, 0.4) is 0 Å². The third kappa shape index (κ3) is 18.2. The molecule has 5 N–H and O–H groups in total. The van der Waals surface area contributed by atoms with Gasteiger partial charge < -0.3 is 24.9 Å². The zero-order valence-corrected chi connectivity index (χ0v) is 60.1. The topological polar surface area (TPSA) is 149 Å². The van der Waals surface area contributed by atoms with E-state index in [2.05, 4.69) is 275 Å². The van der Waals surface area contributed by atoms with E-state index in [1.165, 1.54) is 119 Å².